The van der Waals surface area contributed by atoms with Crippen molar-refractivity contribution in [3.63, 3.8) is 0 Å². The number of hydrogen-bond acceptors (Lipinski definition) is 3. The maximum absolute atomic E-state index is 5.23. The maximum atomic E-state index is 5.23. The lowest BCUT2D eigenvalue weighted by atomic mass is 9.81. The van der Waals surface area contributed by atoms with E-state index in [2.05, 4.69) is 129 Å². The molecule has 0 radical (unpaired) electrons. The van der Waals surface area contributed by atoms with Gasteiger partial charge in [0.05, 0.1) is 0 Å². The van der Waals surface area contributed by atoms with Gasteiger partial charge >= 0.3 is 0 Å². The highest BCUT2D eigenvalue weighted by Gasteiger charge is 2.38. The molecule has 7 aromatic rings. The number of rotatable bonds is 4. The number of aromatic nitrogens is 3. The van der Waals surface area contributed by atoms with E-state index in [1.807, 2.05) is 24.3 Å². The summed E-state index contributed by atoms with van der Waals surface area (Å²) in [6.45, 7) is 4.64. The molecule has 3 nitrogen and oxygen atoms in total. The predicted octanol–water partition coefficient (Wildman–Crippen LogP) is 10.00. The van der Waals surface area contributed by atoms with Crippen molar-refractivity contribution in [3.8, 4) is 56.4 Å². The first-order valence-corrected chi connectivity index (χ1v) is 14.7. The van der Waals surface area contributed by atoms with Crippen LogP contribution in [0.15, 0.2) is 140 Å². The van der Waals surface area contributed by atoms with Gasteiger partial charge in [-0.1, -0.05) is 147 Å². The summed E-state index contributed by atoms with van der Waals surface area (Å²) in [5, 5.41) is 2.33. The minimum absolute atomic E-state index is 0.143. The van der Waals surface area contributed by atoms with E-state index in [4.69, 9.17) is 15.0 Å². The number of benzene rings is 6. The quantitative estimate of drug-likeness (QED) is 0.218. The second kappa shape index (κ2) is 9.85. The van der Waals surface area contributed by atoms with Gasteiger partial charge in [-0.15, -0.1) is 0 Å². The van der Waals surface area contributed by atoms with Crippen LogP contribution >= 0.6 is 0 Å². The maximum Gasteiger partial charge on any atom is 0.165 e. The van der Waals surface area contributed by atoms with Gasteiger partial charge in [0.1, 0.15) is 0 Å². The minimum Gasteiger partial charge on any atom is -0.208 e. The molecule has 1 heterocycles. The molecule has 0 aliphatic heterocycles. The van der Waals surface area contributed by atoms with Crippen LogP contribution in [0.4, 0.5) is 0 Å². The standard InChI is InChI=1S/C40H29N3/c1-40(2)33-20-12-11-19-32(33)35-34(40)25-30-17-9-10-18-31(30)36(35)39-42-37(28-15-7-4-8-16-28)41-38(43-39)29-23-21-27(22-24-29)26-13-5-3-6-14-26/h3-25H,1-2H3. The molecule has 0 N–H and O–H groups in total. The predicted molar refractivity (Wildman–Crippen MR) is 177 cm³/mol. The molecule has 0 amide bonds. The Kier molecular flexibility index (Phi) is 5.80. The molecule has 0 bridgehead atoms. The highest BCUT2D eigenvalue weighted by atomic mass is 15.0. The molecule has 0 saturated carbocycles. The van der Waals surface area contributed by atoms with Crippen molar-refractivity contribution in [1.29, 1.82) is 0 Å². The van der Waals surface area contributed by atoms with Crippen molar-refractivity contribution < 1.29 is 0 Å². The molecule has 0 saturated heterocycles. The van der Waals surface area contributed by atoms with Gasteiger partial charge < -0.3 is 0 Å². The van der Waals surface area contributed by atoms with Crippen LogP contribution in [-0.2, 0) is 5.41 Å². The normalized spacial score (nSPS) is 13.1. The Labute approximate surface area is 251 Å². The fourth-order valence-corrected chi connectivity index (χ4v) is 6.52. The smallest absolute Gasteiger partial charge is 0.165 e. The molecule has 0 spiro atoms. The van der Waals surface area contributed by atoms with Crippen LogP contribution in [0.2, 0.25) is 0 Å². The molecule has 0 fully saturated rings. The summed E-state index contributed by atoms with van der Waals surface area (Å²) in [5.74, 6) is 2.02. The molecule has 0 atom stereocenters. The van der Waals surface area contributed by atoms with Crippen LogP contribution in [0.1, 0.15) is 25.0 Å². The van der Waals surface area contributed by atoms with Crippen LogP contribution < -0.4 is 0 Å². The van der Waals surface area contributed by atoms with Crippen LogP contribution in [0.3, 0.4) is 0 Å². The number of fused-ring (bicyclic) bond motifs is 4. The van der Waals surface area contributed by atoms with E-state index >= 15 is 0 Å². The Morgan fingerprint density at radius 2 is 0.930 bits per heavy atom. The summed E-state index contributed by atoms with van der Waals surface area (Å²) >= 11 is 0. The van der Waals surface area contributed by atoms with E-state index in [-0.39, 0.29) is 5.41 Å². The van der Waals surface area contributed by atoms with Gasteiger partial charge in [0, 0.05) is 22.1 Å². The average molecular weight is 552 g/mol. The number of hydrogen-bond donors (Lipinski definition) is 0. The molecule has 6 aromatic carbocycles. The van der Waals surface area contributed by atoms with Crippen molar-refractivity contribution in [2.24, 2.45) is 0 Å². The Balaban J connectivity index is 1.40. The van der Waals surface area contributed by atoms with Crippen LogP contribution in [0.5, 0.6) is 0 Å². The van der Waals surface area contributed by atoms with Crippen molar-refractivity contribution in [3.05, 3.63) is 151 Å². The molecule has 8 rings (SSSR count). The molecule has 204 valence electrons. The average Bonchev–Trinajstić information content (AvgIpc) is 3.30. The van der Waals surface area contributed by atoms with Gasteiger partial charge in [0.25, 0.3) is 0 Å². The Hall–Kier alpha value is -5.41. The van der Waals surface area contributed by atoms with Gasteiger partial charge in [-0.25, -0.2) is 15.0 Å². The molecule has 43 heavy (non-hydrogen) atoms. The van der Waals surface area contributed by atoms with Crippen molar-refractivity contribution in [2.75, 3.05) is 0 Å². The topological polar surface area (TPSA) is 38.7 Å². The second-order valence-electron chi connectivity index (χ2n) is 11.7. The highest BCUT2D eigenvalue weighted by Crippen LogP contribution is 2.53. The zero-order valence-corrected chi connectivity index (χ0v) is 24.1. The first kappa shape index (κ1) is 25.3. The lowest BCUT2D eigenvalue weighted by molar-refractivity contribution is 0.661. The Bertz CT molecular complexity index is 2130. The highest BCUT2D eigenvalue weighted by molar-refractivity contribution is 6.07. The third-order valence-electron chi connectivity index (χ3n) is 8.73. The van der Waals surface area contributed by atoms with E-state index in [9.17, 15) is 0 Å². The third kappa shape index (κ3) is 4.16. The summed E-state index contributed by atoms with van der Waals surface area (Å²) in [4.78, 5) is 15.4. The van der Waals surface area contributed by atoms with Gasteiger partial charge in [0.2, 0.25) is 0 Å². The summed E-state index contributed by atoms with van der Waals surface area (Å²) in [7, 11) is 0. The zero-order chi connectivity index (χ0) is 29.0. The van der Waals surface area contributed by atoms with E-state index in [0.29, 0.717) is 17.5 Å². The molecular formula is C40H29N3. The second-order valence-corrected chi connectivity index (χ2v) is 11.7. The molecule has 1 aliphatic carbocycles. The first-order chi connectivity index (χ1) is 21.1. The van der Waals surface area contributed by atoms with Gasteiger partial charge in [-0.05, 0) is 50.2 Å². The fraction of sp³-hybridized carbons (Fsp3) is 0.0750. The van der Waals surface area contributed by atoms with Crippen molar-refractivity contribution >= 4 is 10.8 Å². The molecule has 0 unspecified atom stereocenters. The van der Waals surface area contributed by atoms with Crippen molar-refractivity contribution in [2.45, 2.75) is 19.3 Å². The van der Waals surface area contributed by atoms with E-state index in [0.717, 1.165) is 27.6 Å². The van der Waals surface area contributed by atoms with E-state index in [1.54, 1.807) is 0 Å². The lowest BCUT2D eigenvalue weighted by Crippen LogP contribution is -2.15. The third-order valence-corrected chi connectivity index (χ3v) is 8.73. The van der Waals surface area contributed by atoms with E-state index < -0.39 is 0 Å². The molecule has 3 heteroatoms. The van der Waals surface area contributed by atoms with Gasteiger partial charge in [-0.3, -0.25) is 0 Å². The largest absolute Gasteiger partial charge is 0.208 e. The van der Waals surface area contributed by atoms with Crippen LogP contribution in [0.25, 0.3) is 67.2 Å². The van der Waals surface area contributed by atoms with Gasteiger partial charge in [-0.2, -0.15) is 0 Å². The summed E-state index contributed by atoms with van der Waals surface area (Å²) < 4.78 is 0. The minimum atomic E-state index is -0.143. The number of nitrogens with zero attached hydrogens (tertiary/aromatic N) is 3. The lowest BCUT2D eigenvalue weighted by Gasteiger charge is -2.22. The monoisotopic (exact) mass is 551 g/mol. The van der Waals surface area contributed by atoms with Crippen molar-refractivity contribution in [1.82, 2.24) is 15.0 Å². The summed E-state index contributed by atoms with van der Waals surface area (Å²) in [5.41, 5.74) is 10.3. The fourth-order valence-electron chi connectivity index (χ4n) is 6.52. The first-order valence-electron chi connectivity index (χ1n) is 14.7. The van der Waals surface area contributed by atoms with Crippen LogP contribution in [-0.4, -0.2) is 15.0 Å². The molecular weight excluding hydrogens is 522 g/mol. The summed E-state index contributed by atoms with van der Waals surface area (Å²) in [6.07, 6.45) is 0. The molecule has 1 aliphatic rings. The Morgan fingerprint density at radius 1 is 0.419 bits per heavy atom. The SMILES string of the molecule is CC1(C)c2ccccc2-c2c1cc1ccccc1c2-c1nc(-c2ccccc2)nc(-c2ccc(-c3ccccc3)cc2)n1. The van der Waals surface area contributed by atoms with Gasteiger partial charge in [0.15, 0.2) is 17.5 Å². The van der Waals surface area contributed by atoms with E-state index in [1.165, 1.54) is 33.2 Å². The van der Waals surface area contributed by atoms with Crippen LogP contribution in [0, 0.1) is 0 Å². The summed E-state index contributed by atoms with van der Waals surface area (Å²) in [6, 6.07) is 48.9. The molecule has 1 aromatic heterocycles. The zero-order valence-electron chi connectivity index (χ0n) is 24.1. The Morgan fingerprint density at radius 3 is 1.65 bits per heavy atom.